The SMILES string of the molecule is C.COC(=O)c1ccc2c(C3CCCCC3)c(-c3nc4ccccc4[nH]3)n(C)c2c1.COC(=O)c1ccc2c(C3CCCCC3)c(C=O)n(C)c2c1.Cn1c(-c2nc3ccccc3[nH]2)c(C2CCCCC2)c2ccc(C(=O)O)cc21. The number of hydrogen-bond donors (Lipinski definition) is 3. The maximum absolute atomic E-state index is 12.1. The number of aryl methyl sites for hydroxylation is 3. The molecule has 3 aliphatic rings. The Morgan fingerprint density at radius 1 is 0.512 bits per heavy atom. The lowest BCUT2D eigenvalue weighted by molar-refractivity contribution is 0.0592. The van der Waals surface area contributed by atoms with Crippen molar-refractivity contribution >= 4 is 79.0 Å². The topological polar surface area (TPSA) is 179 Å². The number of carboxylic acids is 1. The molecule has 0 radical (unpaired) electrons. The minimum absolute atomic E-state index is 0. The zero-order chi connectivity index (χ0) is 54.9. The number of carbonyl (C=O) groups excluding carboxylic acids is 3. The van der Waals surface area contributed by atoms with Crippen molar-refractivity contribution in [1.29, 1.82) is 0 Å². The molecule has 0 unspecified atom stereocenters. The number of esters is 2. The van der Waals surface area contributed by atoms with E-state index in [-0.39, 0.29) is 19.4 Å². The van der Waals surface area contributed by atoms with Crippen LogP contribution in [-0.4, -0.2) is 77.2 Å². The lowest BCUT2D eigenvalue weighted by Crippen LogP contribution is -2.07. The molecular weight excluding hydrogens is 1000 g/mol. The second-order valence-electron chi connectivity index (χ2n) is 21.8. The lowest BCUT2D eigenvalue weighted by atomic mass is 9.82. The van der Waals surface area contributed by atoms with Gasteiger partial charge in [0.25, 0.3) is 0 Å². The molecule has 0 saturated heterocycles. The Kier molecular flexibility index (Phi) is 16.2. The van der Waals surface area contributed by atoms with Gasteiger partial charge in [-0.15, -0.1) is 0 Å². The fourth-order valence-electron chi connectivity index (χ4n) is 13.3. The zero-order valence-corrected chi connectivity index (χ0v) is 45.9. The molecule has 14 heteroatoms. The molecule has 3 fully saturated rings. The van der Waals surface area contributed by atoms with Crippen LogP contribution in [0.2, 0.25) is 0 Å². The molecule has 0 bridgehead atoms. The van der Waals surface area contributed by atoms with Crippen LogP contribution in [0.25, 0.3) is 77.8 Å². The van der Waals surface area contributed by atoms with Gasteiger partial charge in [0, 0.05) is 53.9 Å². The van der Waals surface area contributed by atoms with E-state index in [0.717, 1.165) is 103 Å². The quantitative estimate of drug-likeness (QED) is 0.0937. The Hall–Kier alpha value is -8.26. The largest absolute Gasteiger partial charge is 0.478 e. The summed E-state index contributed by atoms with van der Waals surface area (Å²) < 4.78 is 15.9. The second-order valence-corrected chi connectivity index (χ2v) is 21.8. The van der Waals surface area contributed by atoms with Gasteiger partial charge in [-0.25, -0.2) is 24.4 Å². The molecule has 80 heavy (non-hydrogen) atoms. The molecule has 5 aromatic carbocycles. The highest BCUT2D eigenvalue weighted by atomic mass is 16.5. The Bertz CT molecular complexity index is 3860. The number of aromatic carboxylic acids is 1. The van der Waals surface area contributed by atoms with Gasteiger partial charge in [-0.2, -0.15) is 0 Å². The van der Waals surface area contributed by atoms with E-state index >= 15 is 0 Å². The van der Waals surface area contributed by atoms with Crippen LogP contribution in [-0.2, 0) is 30.6 Å². The first-order chi connectivity index (χ1) is 38.5. The third-order valence-electron chi connectivity index (χ3n) is 17.2. The third kappa shape index (κ3) is 10.3. The number of ether oxygens (including phenoxy) is 2. The van der Waals surface area contributed by atoms with Crippen LogP contribution in [0.3, 0.4) is 0 Å². The van der Waals surface area contributed by atoms with Crippen molar-refractivity contribution in [2.24, 2.45) is 21.1 Å². The van der Waals surface area contributed by atoms with Crippen LogP contribution < -0.4 is 0 Å². The van der Waals surface area contributed by atoms with E-state index in [0.29, 0.717) is 34.4 Å². The van der Waals surface area contributed by atoms with Crippen molar-refractivity contribution < 1.29 is 33.8 Å². The van der Waals surface area contributed by atoms with Crippen molar-refractivity contribution in [1.82, 2.24) is 33.6 Å². The van der Waals surface area contributed by atoms with Crippen molar-refractivity contribution in [3.8, 4) is 23.0 Å². The Balaban J connectivity index is 0.000000136. The molecule has 10 aromatic rings. The molecule has 3 N–H and O–H groups in total. The van der Waals surface area contributed by atoms with Crippen LogP contribution in [0.4, 0.5) is 0 Å². The standard InChI is InChI=1S/C24H25N3O2.C23H23N3O2.C18H21NO3.CH4/c1-27-20-14-16(24(28)29-2)12-13-17(20)21(15-8-4-3-5-9-15)22(27)23-25-18-10-6-7-11-19(18)26-23;1-26-19-13-15(23(27)28)11-12-16(19)20(14-7-3-2-4-8-14)21(26)22-24-17-9-5-6-10-18(17)25-22;1-19-15-10-13(18(21)22-2)8-9-14(15)17(16(19)11-20)12-6-4-3-5-7-12;/h6-7,10-15H,3-5,8-9H2,1-2H3,(H,25,26);5-6,9-14H,2-4,7-8H2,1H3,(H,24,25)(H,27,28);8-12H,3-7H2,1-2H3;1H4. The molecule has 0 aliphatic heterocycles. The Morgan fingerprint density at radius 3 is 1.26 bits per heavy atom. The van der Waals surface area contributed by atoms with Crippen molar-refractivity contribution in [2.75, 3.05) is 14.2 Å². The number of para-hydroxylation sites is 4. The molecule has 5 heterocycles. The van der Waals surface area contributed by atoms with E-state index in [2.05, 4.69) is 38.3 Å². The first kappa shape index (κ1) is 55.1. The number of aromatic nitrogens is 7. The van der Waals surface area contributed by atoms with E-state index in [1.807, 2.05) is 91.5 Å². The van der Waals surface area contributed by atoms with Gasteiger partial charge in [0.1, 0.15) is 0 Å². The molecule has 0 atom stereocenters. The molecule has 3 aliphatic carbocycles. The number of hydrogen-bond acceptors (Lipinski definition) is 8. The van der Waals surface area contributed by atoms with Gasteiger partial charge in [-0.05, 0) is 134 Å². The van der Waals surface area contributed by atoms with Gasteiger partial charge >= 0.3 is 17.9 Å². The Labute approximate surface area is 466 Å². The number of aldehydes is 1. The first-order valence-corrected chi connectivity index (χ1v) is 28.1. The van der Waals surface area contributed by atoms with Crippen LogP contribution in [0, 0.1) is 0 Å². The Morgan fingerprint density at radius 2 is 0.875 bits per heavy atom. The highest BCUT2D eigenvalue weighted by Crippen LogP contribution is 2.46. The molecular formula is C66H73N7O7. The van der Waals surface area contributed by atoms with Gasteiger partial charge in [0.05, 0.1) is 70.1 Å². The summed E-state index contributed by atoms with van der Waals surface area (Å²) >= 11 is 0. The number of methoxy groups -OCH3 is 2. The van der Waals surface area contributed by atoms with Crippen LogP contribution in [0.1, 0.15) is 180 Å². The van der Waals surface area contributed by atoms with Crippen LogP contribution in [0.5, 0.6) is 0 Å². The average molecular weight is 1080 g/mol. The minimum Gasteiger partial charge on any atom is -0.478 e. The van der Waals surface area contributed by atoms with Crippen molar-refractivity contribution in [2.45, 2.75) is 121 Å². The highest BCUT2D eigenvalue weighted by molar-refractivity contribution is 6.01. The maximum atomic E-state index is 12.1. The first-order valence-electron chi connectivity index (χ1n) is 28.1. The van der Waals surface area contributed by atoms with E-state index in [9.17, 15) is 24.3 Å². The summed E-state index contributed by atoms with van der Waals surface area (Å²) in [6.45, 7) is 0. The van der Waals surface area contributed by atoms with Gasteiger partial charge in [-0.3, -0.25) is 4.79 Å². The summed E-state index contributed by atoms with van der Waals surface area (Å²) in [7, 11) is 8.77. The normalized spacial score (nSPS) is 15.3. The summed E-state index contributed by atoms with van der Waals surface area (Å²) in [6, 6.07) is 33.1. The molecule has 414 valence electrons. The number of aromatic amines is 2. The summed E-state index contributed by atoms with van der Waals surface area (Å²) in [5.74, 6) is 1.64. The number of rotatable bonds is 9. The lowest BCUT2D eigenvalue weighted by Gasteiger charge is -2.22. The van der Waals surface area contributed by atoms with Gasteiger partial charge < -0.3 is 38.2 Å². The second kappa shape index (κ2) is 23.6. The molecule has 5 aromatic heterocycles. The van der Waals surface area contributed by atoms with Crippen molar-refractivity contribution in [3.63, 3.8) is 0 Å². The van der Waals surface area contributed by atoms with Crippen LogP contribution in [0.15, 0.2) is 103 Å². The minimum atomic E-state index is -0.896. The number of H-pyrrole nitrogens is 2. The van der Waals surface area contributed by atoms with Gasteiger partial charge in [-0.1, -0.05) is 108 Å². The van der Waals surface area contributed by atoms with E-state index in [4.69, 9.17) is 19.4 Å². The molecule has 0 spiro atoms. The predicted octanol–water partition coefficient (Wildman–Crippen LogP) is 15.5. The molecule has 13 rings (SSSR count). The number of nitrogens with zero attached hydrogens (tertiary/aromatic N) is 5. The van der Waals surface area contributed by atoms with Gasteiger partial charge in [0.2, 0.25) is 0 Å². The fraction of sp³-hybridized carbons (Fsp3) is 0.364. The zero-order valence-electron chi connectivity index (χ0n) is 45.9. The summed E-state index contributed by atoms with van der Waals surface area (Å²) in [5, 5.41) is 12.9. The maximum Gasteiger partial charge on any atom is 0.337 e. The number of carboxylic acid groups (broad SMARTS) is 1. The third-order valence-corrected chi connectivity index (χ3v) is 17.2. The fourth-order valence-corrected chi connectivity index (χ4v) is 13.3. The summed E-state index contributed by atoms with van der Waals surface area (Å²) in [6.07, 6.45) is 19.3. The summed E-state index contributed by atoms with van der Waals surface area (Å²) in [5.41, 5.74) is 15.1. The average Bonchev–Trinajstić information content (AvgIpc) is 4.38. The number of carbonyl (C=O) groups is 4. The van der Waals surface area contributed by atoms with Gasteiger partial charge in [0.15, 0.2) is 17.9 Å². The number of benzene rings is 5. The molecule has 0 amide bonds. The van der Waals surface area contributed by atoms with Crippen molar-refractivity contribution in [3.05, 3.63) is 142 Å². The number of fused-ring (bicyclic) bond motifs is 5. The number of nitrogens with one attached hydrogen (secondary N) is 2. The van der Waals surface area contributed by atoms with E-state index < -0.39 is 5.97 Å². The smallest absolute Gasteiger partial charge is 0.337 e. The predicted molar refractivity (Wildman–Crippen MR) is 318 cm³/mol. The highest BCUT2D eigenvalue weighted by Gasteiger charge is 2.30. The van der Waals surface area contributed by atoms with Crippen LogP contribution >= 0.6 is 0 Å². The summed E-state index contributed by atoms with van der Waals surface area (Å²) in [4.78, 5) is 63.7. The molecule has 14 nitrogen and oxygen atoms in total. The van der Waals surface area contributed by atoms with E-state index in [1.54, 1.807) is 18.2 Å². The number of imidazole rings is 2. The molecule has 3 saturated carbocycles. The monoisotopic (exact) mass is 1080 g/mol. The van der Waals surface area contributed by atoms with E-state index in [1.165, 1.54) is 114 Å².